The molecule has 1 aliphatic rings. The van der Waals surface area contributed by atoms with E-state index in [2.05, 4.69) is 10.6 Å². The normalized spacial score (nSPS) is 11.9. The highest BCUT2D eigenvalue weighted by Gasteiger charge is 2.16. The Morgan fingerprint density at radius 2 is 1.71 bits per heavy atom. The van der Waals surface area contributed by atoms with Gasteiger partial charge >= 0.3 is 0 Å². The molecule has 28 heavy (non-hydrogen) atoms. The van der Waals surface area contributed by atoms with Crippen LogP contribution in [0.4, 0.5) is 11.4 Å². The Hall–Kier alpha value is -3.74. The maximum absolute atomic E-state index is 12.5. The molecule has 0 spiro atoms. The van der Waals surface area contributed by atoms with Crippen LogP contribution in [0.2, 0.25) is 0 Å². The summed E-state index contributed by atoms with van der Waals surface area (Å²) in [6, 6.07) is 15.6. The van der Waals surface area contributed by atoms with E-state index >= 15 is 0 Å². The largest absolute Gasteiger partial charge is 0.469 e. The van der Waals surface area contributed by atoms with E-state index in [4.69, 9.17) is 13.9 Å². The van der Waals surface area contributed by atoms with Crippen molar-refractivity contribution in [1.82, 2.24) is 0 Å². The first kappa shape index (κ1) is 17.7. The first-order valence-corrected chi connectivity index (χ1v) is 8.81. The van der Waals surface area contributed by atoms with Crippen molar-refractivity contribution >= 4 is 23.2 Å². The van der Waals surface area contributed by atoms with Gasteiger partial charge < -0.3 is 24.5 Å². The molecule has 1 aliphatic heterocycles. The highest BCUT2D eigenvalue weighted by molar-refractivity contribution is 6.05. The molecule has 2 N–H and O–H groups in total. The minimum Gasteiger partial charge on any atom is -0.469 e. The van der Waals surface area contributed by atoms with Crippen LogP contribution in [0.5, 0.6) is 11.5 Å². The summed E-state index contributed by atoms with van der Waals surface area (Å²) < 4.78 is 15.8. The zero-order chi connectivity index (χ0) is 19.3. The van der Waals surface area contributed by atoms with E-state index in [1.54, 1.807) is 54.8 Å². The fourth-order valence-electron chi connectivity index (χ4n) is 2.83. The van der Waals surface area contributed by atoms with Crippen molar-refractivity contribution < 1.29 is 23.5 Å². The molecule has 0 saturated heterocycles. The lowest BCUT2D eigenvalue weighted by Gasteiger charge is -2.09. The lowest BCUT2D eigenvalue weighted by molar-refractivity contribution is -0.116. The second-order valence-electron chi connectivity index (χ2n) is 6.23. The molecule has 2 heterocycles. The summed E-state index contributed by atoms with van der Waals surface area (Å²) in [6.07, 6.45) is 2.42. The Morgan fingerprint density at radius 3 is 2.54 bits per heavy atom. The second kappa shape index (κ2) is 7.87. The Bertz CT molecular complexity index is 998. The maximum atomic E-state index is 12.5. The Balaban J connectivity index is 1.36. The first-order chi connectivity index (χ1) is 13.7. The molecule has 142 valence electrons. The van der Waals surface area contributed by atoms with Crippen molar-refractivity contribution in [1.29, 1.82) is 0 Å². The van der Waals surface area contributed by atoms with Crippen LogP contribution < -0.4 is 20.1 Å². The molecular weight excluding hydrogens is 360 g/mol. The van der Waals surface area contributed by atoms with Gasteiger partial charge in [0.15, 0.2) is 11.5 Å². The Kier molecular flexibility index (Phi) is 4.97. The molecular formula is C21H18N2O5. The third-order valence-electron chi connectivity index (χ3n) is 4.22. The molecule has 7 heteroatoms. The number of hydrogen-bond donors (Lipinski definition) is 2. The zero-order valence-electron chi connectivity index (χ0n) is 14.9. The quantitative estimate of drug-likeness (QED) is 0.680. The number of nitrogens with one attached hydrogen (secondary N) is 2. The van der Waals surface area contributed by atoms with Crippen LogP contribution in [0.3, 0.4) is 0 Å². The van der Waals surface area contributed by atoms with Crippen LogP contribution in [-0.4, -0.2) is 18.6 Å². The van der Waals surface area contributed by atoms with Gasteiger partial charge in [-0.2, -0.15) is 0 Å². The summed E-state index contributed by atoms with van der Waals surface area (Å²) in [5.41, 5.74) is 1.64. The number of rotatable bonds is 6. The predicted molar refractivity (Wildman–Crippen MR) is 103 cm³/mol. The first-order valence-electron chi connectivity index (χ1n) is 8.81. The molecule has 0 unspecified atom stereocenters. The highest BCUT2D eigenvalue weighted by atomic mass is 16.7. The molecule has 1 aromatic heterocycles. The van der Waals surface area contributed by atoms with Crippen molar-refractivity contribution in [2.75, 3.05) is 17.4 Å². The second-order valence-corrected chi connectivity index (χ2v) is 6.23. The number of carbonyl (C=O) groups excluding carboxylic acids is 2. The van der Waals surface area contributed by atoms with E-state index < -0.39 is 0 Å². The number of anilines is 2. The van der Waals surface area contributed by atoms with Crippen molar-refractivity contribution in [3.8, 4) is 11.5 Å². The molecule has 3 aromatic rings. The smallest absolute Gasteiger partial charge is 0.255 e. The molecule has 0 saturated carbocycles. The summed E-state index contributed by atoms with van der Waals surface area (Å²) in [6.45, 7) is 0.155. The van der Waals surface area contributed by atoms with Gasteiger partial charge in [-0.3, -0.25) is 9.59 Å². The van der Waals surface area contributed by atoms with Crippen LogP contribution >= 0.6 is 0 Å². The lowest BCUT2D eigenvalue weighted by atomic mass is 10.2. The fourth-order valence-corrected chi connectivity index (χ4v) is 2.83. The molecule has 7 nitrogen and oxygen atoms in total. The van der Waals surface area contributed by atoms with Crippen molar-refractivity contribution in [2.24, 2.45) is 0 Å². The van der Waals surface area contributed by atoms with Crippen LogP contribution in [0, 0.1) is 0 Å². The van der Waals surface area contributed by atoms with Gasteiger partial charge in [0.1, 0.15) is 5.76 Å². The number of amides is 2. The van der Waals surface area contributed by atoms with Gasteiger partial charge in [0.2, 0.25) is 12.7 Å². The van der Waals surface area contributed by atoms with E-state index in [0.29, 0.717) is 41.3 Å². The molecule has 0 bridgehead atoms. The van der Waals surface area contributed by atoms with Gasteiger partial charge in [-0.1, -0.05) is 6.07 Å². The number of benzene rings is 2. The lowest BCUT2D eigenvalue weighted by Crippen LogP contribution is -2.14. The van der Waals surface area contributed by atoms with E-state index in [0.717, 1.165) is 5.76 Å². The van der Waals surface area contributed by atoms with Crippen LogP contribution in [0.15, 0.2) is 65.3 Å². The molecule has 0 radical (unpaired) electrons. The minimum atomic E-state index is -0.278. The highest BCUT2D eigenvalue weighted by Crippen LogP contribution is 2.32. The molecule has 2 amide bonds. The van der Waals surface area contributed by atoms with Crippen molar-refractivity contribution in [2.45, 2.75) is 12.8 Å². The number of carbonyl (C=O) groups is 2. The van der Waals surface area contributed by atoms with E-state index in [1.807, 2.05) is 6.07 Å². The summed E-state index contributed by atoms with van der Waals surface area (Å²) in [5.74, 6) is 1.52. The van der Waals surface area contributed by atoms with Crippen LogP contribution in [0.25, 0.3) is 0 Å². The average molecular weight is 378 g/mol. The fraction of sp³-hybridized carbons (Fsp3) is 0.143. The Morgan fingerprint density at radius 1 is 0.893 bits per heavy atom. The number of furan rings is 1. The minimum absolute atomic E-state index is 0.129. The molecule has 0 aliphatic carbocycles. The van der Waals surface area contributed by atoms with Crippen LogP contribution in [-0.2, 0) is 11.2 Å². The summed E-state index contributed by atoms with van der Waals surface area (Å²) in [5, 5.41) is 5.64. The van der Waals surface area contributed by atoms with E-state index in [-0.39, 0.29) is 18.6 Å². The van der Waals surface area contributed by atoms with E-state index in [9.17, 15) is 9.59 Å². The monoisotopic (exact) mass is 378 g/mol. The topological polar surface area (TPSA) is 89.8 Å². The van der Waals surface area contributed by atoms with Crippen molar-refractivity contribution in [3.05, 3.63) is 72.2 Å². The summed E-state index contributed by atoms with van der Waals surface area (Å²) in [4.78, 5) is 24.6. The number of hydrogen-bond acceptors (Lipinski definition) is 5. The molecule has 4 rings (SSSR count). The van der Waals surface area contributed by atoms with Gasteiger partial charge in [0.05, 0.1) is 6.26 Å². The van der Waals surface area contributed by atoms with Gasteiger partial charge in [-0.25, -0.2) is 0 Å². The molecule has 0 atom stereocenters. The SMILES string of the molecule is O=C(CCc1ccco1)Nc1cccc(NC(=O)c2ccc3c(c2)OCO3)c1. The molecule has 2 aromatic carbocycles. The maximum Gasteiger partial charge on any atom is 0.255 e. The van der Waals surface area contributed by atoms with Crippen LogP contribution in [0.1, 0.15) is 22.5 Å². The standard InChI is InChI=1S/C21H18N2O5/c24-20(9-7-17-5-2-10-26-17)22-15-3-1-4-16(12-15)23-21(25)14-6-8-18-19(11-14)28-13-27-18/h1-6,8,10-12H,7,9,13H2,(H,22,24)(H,23,25). The number of fused-ring (bicyclic) bond motifs is 1. The number of aryl methyl sites for hydroxylation is 1. The van der Waals surface area contributed by atoms with Gasteiger partial charge in [-0.15, -0.1) is 0 Å². The Labute approximate surface area is 161 Å². The van der Waals surface area contributed by atoms with Crippen molar-refractivity contribution in [3.63, 3.8) is 0 Å². The van der Waals surface area contributed by atoms with Gasteiger partial charge in [0, 0.05) is 29.8 Å². The van der Waals surface area contributed by atoms with E-state index in [1.165, 1.54) is 0 Å². The molecule has 0 fully saturated rings. The van der Waals surface area contributed by atoms with Gasteiger partial charge in [-0.05, 0) is 48.5 Å². The third-order valence-corrected chi connectivity index (χ3v) is 4.22. The summed E-state index contributed by atoms with van der Waals surface area (Å²) >= 11 is 0. The zero-order valence-corrected chi connectivity index (χ0v) is 14.9. The predicted octanol–water partition coefficient (Wildman–Crippen LogP) is 3.83. The summed E-state index contributed by atoms with van der Waals surface area (Å²) in [7, 11) is 0. The van der Waals surface area contributed by atoms with Gasteiger partial charge in [0.25, 0.3) is 5.91 Å². The third kappa shape index (κ3) is 4.15. The number of ether oxygens (including phenoxy) is 2. The average Bonchev–Trinajstić information content (AvgIpc) is 3.37.